The molecule has 0 spiro atoms. The van der Waals surface area contributed by atoms with E-state index in [1.807, 2.05) is 21.1 Å². The first-order chi connectivity index (χ1) is 28.5. The fraction of sp³-hybridized carbons (Fsp3) is 0.940. The molecule has 1 unspecified atom stereocenters. The summed E-state index contributed by atoms with van der Waals surface area (Å²) in [5.74, 6) is -0.149. The number of nitrogens with one attached hydrogen (secondary N) is 1. The summed E-state index contributed by atoms with van der Waals surface area (Å²) in [6.07, 6.45) is 49.7. The standard InChI is InChI=1S/C50H101N2O6P/c1-6-8-10-12-14-16-18-20-22-23-24-25-26-27-28-29-30-32-34-36-38-40-42-44-50(54)51-48(47-58-59(55,56)57-46-45-52(3,4)5)49(53)43-41-39-37-35-33-31-21-19-17-15-13-11-9-7-2/h33,35,48-49,53H,6-32,34,36-47H2,1-5H3,(H-,51,54,55,56)/p+1/b35-33+/t48-,49+/m0/s1. The van der Waals surface area contributed by atoms with Crippen LogP contribution < -0.4 is 5.32 Å². The maximum Gasteiger partial charge on any atom is 0.472 e. The van der Waals surface area contributed by atoms with Gasteiger partial charge in [0.15, 0.2) is 0 Å². The van der Waals surface area contributed by atoms with Crippen LogP contribution in [0.4, 0.5) is 0 Å². The molecule has 0 aromatic heterocycles. The molecule has 0 saturated carbocycles. The maximum absolute atomic E-state index is 12.9. The highest BCUT2D eigenvalue weighted by Crippen LogP contribution is 2.43. The minimum atomic E-state index is -4.32. The van der Waals surface area contributed by atoms with Crippen LogP contribution in [-0.4, -0.2) is 73.4 Å². The third-order valence-electron chi connectivity index (χ3n) is 11.8. The number of phosphoric ester groups is 1. The van der Waals surface area contributed by atoms with E-state index in [0.717, 1.165) is 44.9 Å². The SMILES string of the molecule is CCCCCCCCCC/C=C/CCCC[C@@H](O)[C@H](COP(=O)(O)OCC[N+](C)(C)C)NC(=O)CCCCCCCCCCCCCCCCCCCCCCCCC. The van der Waals surface area contributed by atoms with Crippen LogP contribution in [0.15, 0.2) is 12.2 Å². The third kappa shape index (κ3) is 45.1. The lowest BCUT2D eigenvalue weighted by molar-refractivity contribution is -0.870. The van der Waals surface area contributed by atoms with Crippen LogP contribution in [0.1, 0.15) is 251 Å². The van der Waals surface area contributed by atoms with Crippen molar-refractivity contribution in [1.82, 2.24) is 5.32 Å². The molecule has 352 valence electrons. The van der Waals surface area contributed by atoms with Crippen molar-refractivity contribution in [2.45, 2.75) is 264 Å². The van der Waals surface area contributed by atoms with E-state index < -0.39 is 20.0 Å². The molecule has 59 heavy (non-hydrogen) atoms. The number of phosphoric acid groups is 1. The van der Waals surface area contributed by atoms with Crippen molar-refractivity contribution in [3.63, 3.8) is 0 Å². The van der Waals surface area contributed by atoms with Gasteiger partial charge in [0.1, 0.15) is 13.2 Å². The van der Waals surface area contributed by atoms with E-state index in [1.54, 1.807) is 0 Å². The summed E-state index contributed by atoms with van der Waals surface area (Å²) in [6, 6.07) is -0.771. The fourth-order valence-corrected chi connectivity index (χ4v) is 8.43. The van der Waals surface area contributed by atoms with Crippen LogP contribution in [0.5, 0.6) is 0 Å². The molecule has 0 radical (unpaired) electrons. The molecule has 0 aliphatic carbocycles. The molecule has 3 N–H and O–H groups in total. The second-order valence-electron chi connectivity index (χ2n) is 18.9. The number of amides is 1. The monoisotopic (exact) mass is 858 g/mol. The van der Waals surface area contributed by atoms with Gasteiger partial charge in [0, 0.05) is 6.42 Å². The van der Waals surface area contributed by atoms with Crippen molar-refractivity contribution in [3.05, 3.63) is 12.2 Å². The first-order valence-corrected chi connectivity index (χ1v) is 27.0. The fourth-order valence-electron chi connectivity index (χ4n) is 7.69. The molecule has 3 atom stereocenters. The second kappa shape index (κ2) is 42.5. The summed E-state index contributed by atoms with van der Waals surface area (Å²) in [5, 5.41) is 14.0. The van der Waals surface area contributed by atoms with Crippen LogP contribution in [-0.2, 0) is 18.4 Å². The van der Waals surface area contributed by atoms with E-state index in [0.29, 0.717) is 23.9 Å². The molecule has 0 aliphatic rings. The highest BCUT2D eigenvalue weighted by Gasteiger charge is 2.28. The van der Waals surface area contributed by atoms with Gasteiger partial charge in [-0.05, 0) is 38.5 Å². The van der Waals surface area contributed by atoms with Gasteiger partial charge in [-0.2, -0.15) is 0 Å². The van der Waals surface area contributed by atoms with Crippen LogP contribution in [0.2, 0.25) is 0 Å². The number of hydrogen-bond donors (Lipinski definition) is 3. The summed E-state index contributed by atoms with van der Waals surface area (Å²) >= 11 is 0. The van der Waals surface area contributed by atoms with E-state index in [2.05, 4.69) is 31.3 Å². The van der Waals surface area contributed by atoms with Gasteiger partial charge in [0.05, 0.1) is 39.9 Å². The van der Waals surface area contributed by atoms with Crippen molar-refractivity contribution in [1.29, 1.82) is 0 Å². The zero-order valence-corrected chi connectivity index (χ0v) is 40.9. The Morgan fingerprint density at radius 1 is 0.559 bits per heavy atom. The van der Waals surface area contributed by atoms with E-state index in [4.69, 9.17) is 9.05 Å². The number of carbonyl (C=O) groups excluding carboxylic acids is 1. The largest absolute Gasteiger partial charge is 0.472 e. The quantitative estimate of drug-likeness (QED) is 0.0244. The van der Waals surface area contributed by atoms with Crippen LogP contribution >= 0.6 is 7.82 Å². The van der Waals surface area contributed by atoms with Gasteiger partial charge >= 0.3 is 7.82 Å². The zero-order chi connectivity index (χ0) is 43.6. The number of nitrogens with zero attached hydrogens (tertiary/aromatic N) is 1. The van der Waals surface area contributed by atoms with Gasteiger partial charge in [-0.25, -0.2) is 4.57 Å². The van der Waals surface area contributed by atoms with Crippen molar-refractivity contribution in [2.75, 3.05) is 40.9 Å². The number of rotatable bonds is 47. The van der Waals surface area contributed by atoms with E-state index >= 15 is 0 Å². The van der Waals surface area contributed by atoms with Crippen LogP contribution in [0.3, 0.4) is 0 Å². The summed E-state index contributed by atoms with van der Waals surface area (Å²) in [5.41, 5.74) is 0. The van der Waals surface area contributed by atoms with Gasteiger partial charge in [-0.1, -0.05) is 219 Å². The number of hydrogen-bond acceptors (Lipinski definition) is 5. The third-order valence-corrected chi connectivity index (χ3v) is 12.7. The lowest BCUT2D eigenvalue weighted by Crippen LogP contribution is -2.46. The molecule has 0 saturated heterocycles. The zero-order valence-electron chi connectivity index (χ0n) is 40.0. The molecule has 0 fully saturated rings. The molecule has 9 heteroatoms. The van der Waals surface area contributed by atoms with Gasteiger partial charge in [-0.15, -0.1) is 0 Å². The first-order valence-electron chi connectivity index (χ1n) is 25.6. The van der Waals surface area contributed by atoms with Gasteiger partial charge in [0.25, 0.3) is 0 Å². The van der Waals surface area contributed by atoms with Crippen molar-refractivity contribution in [2.24, 2.45) is 0 Å². The number of aliphatic hydroxyl groups excluding tert-OH is 1. The number of allylic oxidation sites excluding steroid dienone is 2. The average Bonchev–Trinajstić information content (AvgIpc) is 3.19. The lowest BCUT2D eigenvalue weighted by atomic mass is 10.0. The van der Waals surface area contributed by atoms with Crippen LogP contribution in [0.25, 0.3) is 0 Å². The van der Waals surface area contributed by atoms with E-state index in [-0.39, 0.29) is 19.1 Å². The minimum Gasteiger partial charge on any atom is -0.391 e. The Bertz CT molecular complexity index is 974. The van der Waals surface area contributed by atoms with Crippen molar-refractivity contribution < 1.29 is 32.9 Å². The smallest absolute Gasteiger partial charge is 0.391 e. The highest BCUT2D eigenvalue weighted by atomic mass is 31.2. The topological polar surface area (TPSA) is 105 Å². The Labute approximate surface area is 367 Å². The molecule has 0 aromatic carbocycles. The molecule has 0 aliphatic heterocycles. The molecule has 0 bridgehead atoms. The summed E-state index contributed by atoms with van der Waals surface area (Å²) in [6.45, 7) is 4.89. The maximum atomic E-state index is 12.9. The Morgan fingerprint density at radius 3 is 1.31 bits per heavy atom. The molecular weight excluding hydrogens is 756 g/mol. The van der Waals surface area contributed by atoms with E-state index in [9.17, 15) is 19.4 Å². The van der Waals surface area contributed by atoms with Gasteiger partial charge < -0.3 is 19.8 Å². The molecule has 8 nitrogen and oxygen atoms in total. The average molecular weight is 858 g/mol. The van der Waals surface area contributed by atoms with Gasteiger partial charge in [0.2, 0.25) is 5.91 Å². The second-order valence-corrected chi connectivity index (χ2v) is 20.4. The number of unbranched alkanes of at least 4 members (excludes halogenated alkanes) is 32. The molecule has 0 heterocycles. The van der Waals surface area contributed by atoms with Crippen molar-refractivity contribution in [3.8, 4) is 0 Å². The Kier molecular flexibility index (Phi) is 42.0. The first kappa shape index (κ1) is 58.2. The predicted octanol–water partition coefficient (Wildman–Crippen LogP) is 14.7. The summed E-state index contributed by atoms with van der Waals surface area (Å²) < 4.78 is 23.7. The number of quaternary nitrogens is 1. The summed E-state index contributed by atoms with van der Waals surface area (Å²) in [4.78, 5) is 23.2. The molecule has 1 amide bonds. The number of aliphatic hydroxyl groups is 1. The van der Waals surface area contributed by atoms with Gasteiger partial charge in [-0.3, -0.25) is 13.8 Å². The molecule has 0 rings (SSSR count). The van der Waals surface area contributed by atoms with E-state index in [1.165, 1.54) is 180 Å². The normalized spacial score (nSPS) is 14.2. The lowest BCUT2D eigenvalue weighted by Gasteiger charge is -2.26. The highest BCUT2D eigenvalue weighted by molar-refractivity contribution is 7.47. The number of likely N-dealkylation sites (N-methyl/N-ethyl adjacent to an activating group) is 1. The molecule has 0 aromatic rings. The predicted molar refractivity (Wildman–Crippen MR) is 254 cm³/mol. The summed E-state index contributed by atoms with van der Waals surface area (Å²) in [7, 11) is 1.61. The Hall–Kier alpha value is -0.760. The molecular formula is C50H102N2O6P+. The Morgan fingerprint density at radius 2 is 0.915 bits per heavy atom. The van der Waals surface area contributed by atoms with Crippen LogP contribution in [0, 0.1) is 0 Å². The Balaban J connectivity index is 4.19. The van der Waals surface area contributed by atoms with Crippen molar-refractivity contribution >= 4 is 13.7 Å². The number of carbonyl (C=O) groups is 1. The minimum absolute atomic E-state index is 0.0724.